The van der Waals surface area contributed by atoms with Crippen molar-refractivity contribution in [1.82, 2.24) is 5.32 Å². The Bertz CT molecular complexity index is 973. The lowest BCUT2D eigenvalue weighted by molar-refractivity contribution is -0.118. The SMILES string of the molecule is Cc1ccc(NC(=O)CSCC(=O)NCCOc2ccc3ccccc3c2)cc1. The Labute approximate surface area is 174 Å². The zero-order valence-corrected chi connectivity index (χ0v) is 17.1. The van der Waals surface area contributed by atoms with Crippen molar-refractivity contribution in [3.63, 3.8) is 0 Å². The van der Waals surface area contributed by atoms with Crippen LogP contribution in [0.3, 0.4) is 0 Å². The molecule has 0 atom stereocenters. The highest BCUT2D eigenvalue weighted by atomic mass is 32.2. The molecule has 0 radical (unpaired) electrons. The minimum Gasteiger partial charge on any atom is -0.492 e. The molecule has 0 aliphatic heterocycles. The minimum atomic E-state index is -0.119. The van der Waals surface area contributed by atoms with Crippen LogP contribution in [0.1, 0.15) is 5.56 Å². The van der Waals surface area contributed by atoms with Gasteiger partial charge in [0.25, 0.3) is 0 Å². The molecule has 0 spiro atoms. The molecule has 0 unspecified atom stereocenters. The van der Waals surface area contributed by atoms with E-state index in [4.69, 9.17) is 4.74 Å². The molecule has 0 fully saturated rings. The van der Waals surface area contributed by atoms with E-state index in [9.17, 15) is 9.59 Å². The van der Waals surface area contributed by atoms with E-state index in [0.29, 0.717) is 13.2 Å². The van der Waals surface area contributed by atoms with Gasteiger partial charge in [-0.2, -0.15) is 0 Å². The fourth-order valence-corrected chi connectivity index (χ4v) is 3.39. The van der Waals surface area contributed by atoms with Crippen LogP contribution in [-0.4, -0.2) is 36.5 Å². The molecule has 3 aromatic carbocycles. The first kappa shape index (κ1) is 20.7. The van der Waals surface area contributed by atoms with Gasteiger partial charge in [0.2, 0.25) is 11.8 Å². The van der Waals surface area contributed by atoms with Gasteiger partial charge in [0.15, 0.2) is 0 Å². The van der Waals surface area contributed by atoms with Crippen molar-refractivity contribution >= 4 is 40.0 Å². The third-order valence-electron chi connectivity index (χ3n) is 4.22. The van der Waals surface area contributed by atoms with Crippen LogP contribution in [0.4, 0.5) is 5.69 Å². The molecule has 29 heavy (non-hydrogen) atoms. The largest absolute Gasteiger partial charge is 0.492 e. The standard InChI is InChI=1S/C23H24N2O3S/c1-17-6-9-20(10-7-17)25-23(27)16-29-15-22(26)24-12-13-28-21-11-8-18-4-2-3-5-19(18)14-21/h2-11,14H,12-13,15-16H2,1H3,(H,24,26)(H,25,27). The van der Waals surface area contributed by atoms with Crippen LogP contribution in [0, 0.1) is 6.92 Å². The topological polar surface area (TPSA) is 67.4 Å². The molecule has 3 aromatic rings. The molecule has 0 saturated heterocycles. The second-order valence-corrected chi connectivity index (χ2v) is 7.60. The van der Waals surface area contributed by atoms with Gasteiger partial charge in [-0.15, -0.1) is 11.8 Å². The summed E-state index contributed by atoms with van der Waals surface area (Å²) in [5.41, 5.74) is 1.90. The lowest BCUT2D eigenvalue weighted by atomic mass is 10.1. The van der Waals surface area contributed by atoms with Gasteiger partial charge >= 0.3 is 0 Å². The number of hydrogen-bond donors (Lipinski definition) is 2. The van der Waals surface area contributed by atoms with Gasteiger partial charge in [0.1, 0.15) is 12.4 Å². The van der Waals surface area contributed by atoms with Crippen molar-refractivity contribution in [3.8, 4) is 5.75 Å². The number of anilines is 1. The molecule has 5 nitrogen and oxygen atoms in total. The number of carbonyl (C=O) groups is 2. The molecular weight excluding hydrogens is 384 g/mol. The molecule has 0 aromatic heterocycles. The summed E-state index contributed by atoms with van der Waals surface area (Å²) in [7, 11) is 0. The fraction of sp³-hybridized carbons (Fsp3) is 0.217. The smallest absolute Gasteiger partial charge is 0.234 e. The number of rotatable bonds is 9. The predicted octanol–water partition coefficient (Wildman–Crippen LogP) is 4.02. The van der Waals surface area contributed by atoms with Gasteiger partial charge in [0, 0.05) is 5.69 Å². The summed E-state index contributed by atoms with van der Waals surface area (Å²) >= 11 is 1.28. The molecule has 2 amide bonds. The van der Waals surface area contributed by atoms with Gasteiger partial charge in [-0.25, -0.2) is 0 Å². The van der Waals surface area contributed by atoms with E-state index in [1.54, 1.807) is 0 Å². The first-order valence-corrected chi connectivity index (χ1v) is 10.6. The lowest BCUT2D eigenvalue weighted by Crippen LogP contribution is -2.30. The summed E-state index contributed by atoms with van der Waals surface area (Å²) < 4.78 is 5.70. The average molecular weight is 409 g/mol. The third-order valence-corrected chi connectivity index (χ3v) is 5.15. The first-order chi connectivity index (χ1) is 14.1. The summed E-state index contributed by atoms with van der Waals surface area (Å²) in [6, 6.07) is 21.6. The van der Waals surface area contributed by atoms with E-state index in [1.165, 1.54) is 11.8 Å². The van der Waals surface area contributed by atoms with E-state index in [2.05, 4.69) is 16.7 Å². The summed E-state index contributed by atoms with van der Waals surface area (Å²) in [5.74, 6) is 1.01. The van der Waals surface area contributed by atoms with E-state index in [1.807, 2.05) is 67.6 Å². The van der Waals surface area contributed by atoms with Crippen LogP contribution in [0.5, 0.6) is 5.75 Å². The Morgan fingerprint density at radius 3 is 2.41 bits per heavy atom. The predicted molar refractivity (Wildman–Crippen MR) is 120 cm³/mol. The molecular formula is C23H24N2O3S. The van der Waals surface area contributed by atoms with Crippen LogP contribution < -0.4 is 15.4 Å². The maximum atomic E-state index is 11.9. The van der Waals surface area contributed by atoms with Crippen LogP contribution >= 0.6 is 11.8 Å². The molecule has 2 N–H and O–H groups in total. The maximum Gasteiger partial charge on any atom is 0.234 e. The summed E-state index contributed by atoms with van der Waals surface area (Å²) in [6.07, 6.45) is 0. The number of benzene rings is 3. The van der Waals surface area contributed by atoms with Crippen molar-refractivity contribution in [2.24, 2.45) is 0 Å². The fourth-order valence-electron chi connectivity index (χ4n) is 2.74. The number of thioether (sulfide) groups is 1. The van der Waals surface area contributed by atoms with Crippen LogP contribution in [0.25, 0.3) is 10.8 Å². The van der Waals surface area contributed by atoms with Crippen molar-refractivity contribution in [2.75, 3.05) is 30.0 Å². The molecule has 150 valence electrons. The zero-order valence-electron chi connectivity index (χ0n) is 16.3. The van der Waals surface area contributed by atoms with Crippen molar-refractivity contribution in [1.29, 1.82) is 0 Å². The summed E-state index contributed by atoms with van der Waals surface area (Å²) in [5, 5.41) is 7.90. The van der Waals surface area contributed by atoms with E-state index in [0.717, 1.165) is 27.8 Å². The molecule has 0 heterocycles. The second-order valence-electron chi connectivity index (χ2n) is 6.61. The third kappa shape index (κ3) is 6.84. The monoisotopic (exact) mass is 408 g/mol. The van der Waals surface area contributed by atoms with Gasteiger partial charge in [0.05, 0.1) is 18.1 Å². The molecule has 3 rings (SSSR count). The quantitative estimate of drug-likeness (QED) is 0.525. The van der Waals surface area contributed by atoms with E-state index >= 15 is 0 Å². The van der Waals surface area contributed by atoms with E-state index < -0.39 is 0 Å². The normalized spacial score (nSPS) is 10.5. The maximum absolute atomic E-state index is 11.9. The number of hydrogen-bond acceptors (Lipinski definition) is 4. The Kier molecular flexibility index (Phi) is 7.53. The zero-order chi connectivity index (χ0) is 20.5. The number of ether oxygens (including phenoxy) is 1. The van der Waals surface area contributed by atoms with Crippen LogP contribution in [0.15, 0.2) is 66.7 Å². The van der Waals surface area contributed by atoms with Gasteiger partial charge in [-0.3, -0.25) is 9.59 Å². The highest BCUT2D eigenvalue weighted by molar-refractivity contribution is 8.00. The number of amides is 2. The number of carbonyl (C=O) groups excluding carboxylic acids is 2. The highest BCUT2D eigenvalue weighted by Gasteiger charge is 2.06. The minimum absolute atomic E-state index is 0.111. The summed E-state index contributed by atoms with van der Waals surface area (Å²) in [6.45, 7) is 2.80. The van der Waals surface area contributed by atoms with E-state index in [-0.39, 0.29) is 23.3 Å². The Balaban J connectivity index is 1.29. The number of fused-ring (bicyclic) bond motifs is 1. The van der Waals surface area contributed by atoms with Crippen molar-refractivity contribution in [2.45, 2.75) is 6.92 Å². The average Bonchev–Trinajstić information content (AvgIpc) is 2.73. The Hall–Kier alpha value is -2.99. The second kappa shape index (κ2) is 10.5. The number of nitrogens with one attached hydrogen (secondary N) is 2. The Morgan fingerprint density at radius 1 is 0.897 bits per heavy atom. The van der Waals surface area contributed by atoms with Crippen molar-refractivity contribution in [3.05, 3.63) is 72.3 Å². The van der Waals surface area contributed by atoms with Gasteiger partial charge in [-0.05, 0) is 42.0 Å². The van der Waals surface area contributed by atoms with Crippen LogP contribution in [-0.2, 0) is 9.59 Å². The van der Waals surface area contributed by atoms with Crippen LogP contribution in [0.2, 0.25) is 0 Å². The summed E-state index contributed by atoms with van der Waals surface area (Å²) in [4.78, 5) is 23.8. The van der Waals surface area contributed by atoms with Crippen molar-refractivity contribution < 1.29 is 14.3 Å². The molecule has 0 saturated carbocycles. The lowest BCUT2D eigenvalue weighted by Gasteiger charge is -2.09. The molecule has 0 bridgehead atoms. The first-order valence-electron chi connectivity index (χ1n) is 9.43. The van der Waals surface area contributed by atoms with Gasteiger partial charge < -0.3 is 15.4 Å². The Morgan fingerprint density at radius 2 is 1.62 bits per heavy atom. The van der Waals surface area contributed by atoms with Gasteiger partial charge in [-0.1, -0.05) is 48.0 Å². The molecule has 6 heteroatoms. The molecule has 0 aliphatic rings. The highest BCUT2D eigenvalue weighted by Crippen LogP contribution is 2.20. The number of aryl methyl sites for hydroxylation is 1. The molecule has 0 aliphatic carbocycles.